The number of halogens is 1. The van der Waals surface area contributed by atoms with E-state index in [0.29, 0.717) is 5.02 Å². The zero-order valence-corrected chi connectivity index (χ0v) is 10.4. The zero-order chi connectivity index (χ0) is 11.5. The fourth-order valence-electron chi connectivity index (χ4n) is 1.86. The fraction of sp³-hybridized carbons (Fsp3) is 0.500. The van der Waals surface area contributed by atoms with Gasteiger partial charge in [-0.25, -0.2) is 0 Å². The highest BCUT2D eigenvalue weighted by molar-refractivity contribution is 6.32. The molecule has 0 spiro atoms. The number of nitrogens with one attached hydrogen (secondary N) is 1. The number of hydrogen-bond acceptors (Lipinski definition) is 3. The van der Waals surface area contributed by atoms with E-state index in [2.05, 4.69) is 17.3 Å². The molecule has 4 heteroatoms. The quantitative estimate of drug-likeness (QED) is 0.872. The minimum absolute atomic E-state index is 0.665. The van der Waals surface area contributed by atoms with Crippen LogP contribution in [0.1, 0.15) is 0 Å². The molecule has 3 nitrogen and oxygen atoms in total. The minimum atomic E-state index is 0.665. The average molecular weight is 241 g/mol. The molecule has 2 rings (SSSR count). The Labute approximate surface area is 101 Å². The summed E-state index contributed by atoms with van der Waals surface area (Å²) in [5.74, 6) is 1.48. The lowest BCUT2D eigenvalue weighted by atomic mass is 10.0. The van der Waals surface area contributed by atoms with E-state index < -0.39 is 0 Å². The molecule has 1 fully saturated rings. The van der Waals surface area contributed by atoms with Crippen LogP contribution >= 0.6 is 11.6 Å². The predicted molar refractivity (Wildman–Crippen MR) is 67.6 cm³/mol. The van der Waals surface area contributed by atoms with Crippen molar-refractivity contribution in [3.8, 4) is 5.75 Å². The van der Waals surface area contributed by atoms with Crippen molar-refractivity contribution in [2.24, 2.45) is 5.92 Å². The first-order valence-corrected chi connectivity index (χ1v) is 5.84. The summed E-state index contributed by atoms with van der Waals surface area (Å²) in [5.41, 5.74) is 1.14. The summed E-state index contributed by atoms with van der Waals surface area (Å²) in [6.07, 6.45) is 0. The number of anilines is 1. The van der Waals surface area contributed by atoms with Crippen LogP contribution in [0.4, 0.5) is 5.69 Å². The third-order valence-corrected chi connectivity index (χ3v) is 3.27. The zero-order valence-electron chi connectivity index (χ0n) is 9.66. The topological polar surface area (TPSA) is 24.5 Å². The van der Waals surface area contributed by atoms with E-state index in [1.807, 2.05) is 18.2 Å². The van der Waals surface area contributed by atoms with E-state index in [9.17, 15) is 0 Å². The smallest absolute Gasteiger partial charge is 0.137 e. The summed E-state index contributed by atoms with van der Waals surface area (Å²) in [7, 11) is 3.72. The molecule has 1 aliphatic rings. The van der Waals surface area contributed by atoms with Gasteiger partial charge in [-0.1, -0.05) is 11.6 Å². The molecule has 1 heterocycles. The predicted octanol–water partition coefficient (Wildman–Crippen LogP) is 2.00. The van der Waals surface area contributed by atoms with E-state index in [4.69, 9.17) is 16.3 Å². The highest BCUT2D eigenvalue weighted by Gasteiger charge is 2.18. The molecule has 0 unspecified atom stereocenters. The first-order valence-electron chi connectivity index (χ1n) is 5.46. The van der Waals surface area contributed by atoms with Crippen LogP contribution in [0.5, 0.6) is 5.75 Å². The maximum absolute atomic E-state index is 6.09. The summed E-state index contributed by atoms with van der Waals surface area (Å²) in [5, 5.41) is 3.94. The molecule has 1 aromatic carbocycles. The molecule has 0 aromatic heterocycles. The first kappa shape index (κ1) is 11.6. The van der Waals surface area contributed by atoms with Crippen LogP contribution in [0, 0.1) is 5.92 Å². The van der Waals surface area contributed by atoms with Crippen LogP contribution < -0.4 is 15.0 Å². The maximum atomic E-state index is 6.09. The van der Waals surface area contributed by atoms with Crippen molar-refractivity contribution in [3.05, 3.63) is 23.2 Å². The molecule has 0 radical (unpaired) electrons. The Balaban J connectivity index is 2.04. The molecule has 0 aliphatic carbocycles. The molecule has 0 saturated carbocycles. The molecular weight excluding hydrogens is 224 g/mol. The lowest BCUT2D eigenvalue weighted by Gasteiger charge is -2.32. The standard InChI is InChI=1S/C12H17ClN2O/c1-15(8-9-6-14-7-9)10-3-4-12(16-2)11(13)5-10/h3-5,9,14H,6-8H2,1-2H3. The molecule has 0 bridgehead atoms. The van der Waals surface area contributed by atoms with Crippen molar-refractivity contribution >= 4 is 17.3 Å². The van der Waals surface area contributed by atoms with Gasteiger partial charge in [-0.2, -0.15) is 0 Å². The summed E-state index contributed by atoms with van der Waals surface area (Å²) in [6.45, 7) is 3.30. The Morgan fingerprint density at radius 3 is 2.75 bits per heavy atom. The summed E-state index contributed by atoms with van der Waals surface area (Å²) in [4.78, 5) is 2.23. The van der Waals surface area contributed by atoms with Gasteiger partial charge >= 0.3 is 0 Å². The van der Waals surface area contributed by atoms with Crippen LogP contribution in [0.15, 0.2) is 18.2 Å². The summed E-state index contributed by atoms with van der Waals surface area (Å²) >= 11 is 6.09. The summed E-state index contributed by atoms with van der Waals surface area (Å²) < 4.78 is 5.13. The number of nitrogens with zero attached hydrogens (tertiary/aromatic N) is 1. The lowest BCUT2D eigenvalue weighted by Crippen LogP contribution is -2.47. The normalized spacial score (nSPS) is 15.7. The van der Waals surface area contributed by atoms with Gasteiger partial charge < -0.3 is 15.0 Å². The SMILES string of the molecule is COc1ccc(N(C)CC2CNC2)cc1Cl. The Morgan fingerprint density at radius 1 is 1.50 bits per heavy atom. The Morgan fingerprint density at radius 2 is 2.25 bits per heavy atom. The molecule has 1 aliphatic heterocycles. The molecule has 0 amide bonds. The van der Waals surface area contributed by atoms with Crippen molar-refractivity contribution in [2.45, 2.75) is 0 Å². The van der Waals surface area contributed by atoms with E-state index >= 15 is 0 Å². The second kappa shape index (κ2) is 4.93. The fourth-order valence-corrected chi connectivity index (χ4v) is 2.11. The van der Waals surface area contributed by atoms with E-state index in [-0.39, 0.29) is 0 Å². The van der Waals surface area contributed by atoms with Crippen LogP contribution in [0.25, 0.3) is 0 Å². The average Bonchev–Trinajstić information content (AvgIpc) is 2.23. The second-order valence-corrected chi connectivity index (χ2v) is 4.63. The largest absolute Gasteiger partial charge is 0.495 e. The monoisotopic (exact) mass is 240 g/mol. The molecule has 0 atom stereocenters. The van der Waals surface area contributed by atoms with E-state index in [0.717, 1.165) is 37.0 Å². The Hall–Kier alpha value is -0.930. The van der Waals surface area contributed by atoms with Gasteiger partial charge in [0, 0.05) is 38.3 Å². The van der Waals surface area contributed by atoms with Crippen LogP contribution in [-0.2, 0) is 0 Å². The number of rotatable bonds is 4. The molecule has 1 aromatic rings. The first-order chi connectivity index (χ1) is 7.70. The van der Waals surface area contributed by atoms with Crippen molar-refractivity contribution in [1.82, 2.24) is 5.32 Å². The van der Waals surface area contributed by atoms with Crippen LogP contribution in [0.2, 0.25) is 5.02 Å². The van der Waals surface area contributed by atoms with Crippen molar-refractivity contribution < 1.29 is 4.74 Å². The molecule has 1 N–H and O–H groups in total. The highest BCUT2D eigenvalue weighted by atomic mass is 35.5. The number of hydrogen-bond donors (Lipinski definition) is 1. The Bertz CT molecular complexity index is 366. The Kier molecular flexibility index (Phi) is 3.56. The molecule has 88 valence electrons. The van der Waals surface area contributed by atoms with Crippen LogP contribution in [-0.4, -0.2) is 33.8 Å². The third kappa shape index (κ3) is 2.42. The van der Waals surface area contributed by atoms with Gasteiger partial charge in [0.25, 0.3) is 0 Å². The number of benzene rings is 1. The van der Waals surface area contributed by atoms with E-state index in [1.165, 1.54) is 0 Å². The van der Waals surface area contributed by atoms with Gasteiger partial charge in [0.2, 0.25) is 0 Å². The van der Waals surface area contributed by atoms with Gasteiger partial charge in [-0.3, -0.25) is 0 Å². The van der Waals surface area contributed by atoms with Crippen molar-refractivity contribution in [2.75, 3.05) is 38.7 Å². The van der Waals surface area contributed by atoms with Crippen molar-refractivity contribution in [3.63, 3.8) is 0 Å². The third-order valence-electron chi connectivity index (χ3n) is 2.97. The maximum Gasteiger partial charge on any atom is 0.137 e. The van der Waals surface area contributed by atoms with Crippen LogP contribution in [0.3, 0.4) is 0 Å². The highest BCUT2D eigenvalue weighted by Crippen LogP contribution is 2.29. The van der Waals surface area contributed by atoms with Gasteiger partial charge in [0.1, 0.15) is 5.75 Å². The molecule has 16 heavy (non-hydrogen) atoms. The lowest BCUT2D eigenvalue weighted by molar-refractivity contribution is 0.353. The number of methoxy groups -OCH3 is 1. The molecule has 1 saturated heterocycles. The van der Waals surface area contributed by atoms with Gasteiger partial charge in [0.05, 0.1) is 12.1 Å². The van der Waals surface area contributed by atoms with Crippen molar-refractivity contribution in [1.29, 1.82) is 0 Å². The van der Waals surface area contributed by atoms with Gasteiger partial charge in [-0.05, 0) is 18.2 Å². The number of ether oxygens (including phenoxy) is 1. The van der Waals surface area contributed by atoms with Gasteiger partial charge in [-0.15, -0.1) is 0 Å². The minimum Gasteiger partial charge on any atom is -0.495 e. The summed E-state index contributed by atoms with van der Waals surface area (Å²) in [6, 6.07) is 5.90. The van der Waals surface area contributed by atoms with E-state index in [1.54, 1.807) is 7.11 Å². The molecular formula is C12H17ClN2O. The van der Waals surface area contributed by atoms with Gasteiger partial charge in [0.15, 0.2) is 0 Å². The second-order valence-electron chi connectivity index (χ2n) is 4.22.